The lowest BCUT2D eigenvalue weighted by Gasteiger charge is -2.20. The van der Waals surface area contributed by atoms with Gasteiger partial charge in [0.15, 0.2) is 0 Å². The summed E-state index contributed by atoms with van der Waals surface area (Å²) in [6, 6.07) is 1.85. The summed E-state index contributed by atoms with van der Waals surface area (Å²) in [7, 11) is 0. The number of hydrogen-bond acceptors (Lipinski definition) is 3. The topological polar surface area (TPSA) is 51.2 Å². The summed E-state index contributed by atoms with van der Waals surface area (Å²) in [5.41, 5.74) is 7.06. The molecule has 1 aromatic heterocycles. The summed E-state index contributed by atoms with van der Waals surface area (Å²) in [5.74, 6) is 0.411. The van der Waals surface area contributed by atoms with Crippen LogP contribution in [0.3, 0.4) is 0 Å². The van der Waals surface area contributed by atoms with Crippen molar-refractivity contribution in [2.75, 3.05) is 0 Å². The predicted octanol–water partition coefficient (Wildman–Crippen LogP) is 2.07. The Bertz CT molecular complexity index is 298. The lowest BCUT2D eigenvalue weighted by molar-refractivity contribution is 0.517. The monoisotopic (exact) mass is 226 g/mol. The summed E-state index contributed by atoms with van der Waals surface area (Å²) < 4.78 is 4.96. The summed E-state index contributed by atoms with van der Waals surface area (Å²) >= 11 is 5.23. The molecule has 0 spiro atoms. The van der Waals surface area contributed by atoms with E-state index in [0.29, 0.717) is 12.5 Å². The van der Waals surface area contributed by atoms with Crippen LogP contribution < -0.4 is 11.1 Å². The van der Waals surface area contributed by atoms with Gasteiger partial charge in [-0.2, -0.15) is 0 Å². The first-order valence-electron chi connectivity index (χ1n) is 5.19. The van der Waals surface area contributed by atoms with Crippen molar-refractivity contribution >= 4 is 17.2 Å². The Morgan fingerprint density at radius 3 is 2.93 bits per heavy atom. The highest BCUT2D eigenvalue weighted by molar-refractivity contribution is 7.80. The second-order valence-electron chi connectivity index (χ2n) is 3.76. The van der Waals surface area contributed by atoms with Gasteiger partial charge in [-0.15, -0.1) is 0 Å². The van der Waals surface area contributed by atoms with Crippen molar-refractivity contribution in [3.63, 3.8) is 0 Å². The third kappa shape index (κ3) is 3.64. The van der Waals surface area contributed by atoms with Gasteiger partial charge in [0.05, 0.1) is 23.6 Å². The van der Waals surface area contributed by atoms with Crippen molar-refractivity contribution in [1.82, 2.24) is 5.32 Å². The maximum absolute atomic E-state index is 5.98. The van der Waals surface area contributed by atoms with E-state index in [1.165, 1.54) is 0 Å². The van der Waals surface area contributed by atoms with Gasteiger partial charge in [-0.3, -0.25) is 0 Å². The smallest absolute Gasteiger partial charge is 0.0952 e. The van der Waals surface area contributed by atoms with Crippen molar-refractivity contribution in [1.29, 1.82) is 0 Å². The van der Waals surface area contributed by atoms with Crippen LogP contribution in [0.5, 0.6) is 0 Å². The van der Waals surface area contributed by atoms with Crippen LogP contribution in [0, 0.1) is 5.92 Å². The van der Waals surface area contributed by atoms with Crippen LogP contribution in [0.25, 0.3) is 0 Å². The minimum absolute atomic E-state index is 0.0584. The average Bonchev–Trinajstić information content (AvgIpc) is 2.76. The van der Waals surface area contributed by atoms with Crippen molar-refractivity contribution in [2.45, 2.75) is 32.9 Å². The number of rotatable bonds is 5. The molecule has 0 aliphatic carbocycles. The van der Waals surface area contributed by atoms with Crippen molar-refractivity contribution in [3.05, 3.63) is 24.2 Å². The Kier molecular flexibility index (Phi) is 4.78. The molecule has 3 nitrogen and oxygen atoms in total. The zero-order chi connectivity index (χ0) is 11.3. The molecule has 1 rings (SSSR count). The molecule has 0 fully saturated rings. The van der Waals surface area contributed by atoms with Gasteiger partial charge >= 0.3 is 0 Å². The number of thiocarbonyl (C=S) groups is 1. The van der Waals surface area contributed by atoms with Crippen LogP contribution in [-0.2, 0) is 6.54 Å². The van der Waals surface area contributed by atoms with E-state index in [1.54, 1.807) is 12.5 Å². The normalized spacial score (nSPS) is 14.6. The average molecular weight is 226 g/mol. The summed E-state index contributed by atoms with van der Waals surface area (Å²) in [6.45, 7) is 4.90. The maximum Gasteiger partial charge on any atom is 0.0952 e. The highest BCUT2D eigenvalue weighted by atomic mass is 32.1. The molecule has 0 radical (unpaired) electrons. The van der Waals surface area contributed by atoms with E-state index < -0.39 is 0 Å². The Hall–Kier alpha value is -0.870. The van der Waals surface area contributed by atoms with Gasteiger partial charge in [0.2, 0.25) is 0 Å². The number of furan rings is 1. The van der Waals surface area contributed by atoms with Gasteiger partial charge in [-0.1, -0.05) is 32.5 Å². The Labute approximate surface area is 96.0 Å². The van der Waals surface area contributed by atoms with Crippen molar-refractivity contribution < 1.29 is 4.42 Å². The molecule has 0 bridgehead atoms. The van der Waals surface area contributed by atoms with Crippen LogP contribution in [0.2, 0.25) is 0 Å². The second-order valence-corrected chi connectivity index (χ2v) is 4.20. The molecule has 4 heteroatoms. The lowest BCUT2D eigenvalue weighted by Crippen LogP contribution is -2.43. The number of nitrogens with one attached hydrogen (secondary N) is 1. The predicted molar refractivity (Wildman–Crippen MR) is 65.6 cm³/mol. The molecule has 1 aromatic rings. The van der Waals surface area contributed by atoms with Crippen LogP contribution >= 0.6 is 12.2 Å². The fraction of sp³-hybridized carbons (Fsp3) is 0.545. The van der Waals surface area contributed by atoms with Gasteiger partial charge in [-0.05, 0) is 12.0 Å². The van der Waals surface area contributed by atoms with Crippen LogP contribution in [0.1, 0.15) is 25.8 Å². The maximum atomic E-state index is 5.98. The molecule has 1 unspecified atom stereocenters. The molecular weight excluding hydrogens is 208 g/mol. The molecule has 0 aromatic carbocycles. The molecule has 0 saturated carbocycles. The molecule has 84 valence electrons. The van der Waals surface area contributed by atoms with E-state index in [9.17, 15) is 0 Å². The highest BCUT2D eigenvalue weighted by Crippen LogP contribution is 2.07. The first-order chi connectivity index (χ1) is 7.15. The van der Waals surface area contributed by atoms with Gasteiger partial charge in [-0.25, -0.2) is 0 Å². The summed E-state index contributed by atoms with van der Waals surface area (Å²) in [6.07, 6.45) is 4.38. The van der Waals surface area contributed by atoms with Gasteiger partial charge in [0.1, 0.15) is 0 Å². The minimum Gasteiger partial charge on any atom is -0.472 e. The van der Waals surface area contributed by atoms with E-state index >= 15 is 0 Å². The Morgan fingerprint density at radius 1 is 1.67 bits per heavy atom. The SMILES string of the molecule is CCC(C)[C@H](N)C(=S)NCc1ccoc1. The standard InChI is InChI=1S/C11H18N2OS/c1-3-8(2)10(12)11(15)13-6-9-4-5-14-7-9/h4-5,7-8,10H,3,6,12H2,1-2H3,(H,13,15)/t8?,10-/m0/s1. The number of hydrogen-bond donors (Lipinski definition) is 2. The minimum atomic E-state index is -0.0584. The van der Waals surface area contributed by atoms with Crippen LogP contribution in [0.4, 0.5) is 0 Å². The van der Waals surface area contributed by atoms with Gasteiger partial charge < -0.3 is 15.5 Å². The fourth-order valence-electron chi connectivity index (χ4n) is 1.21. The molecule has 3 N–H and O–H groups in total. The third-order valence-corrected chi connectivity index (χ3v) is 3.02. The van der Waals surface area contributed by atoms with Crippen LogP contribution in [0.15, 0.2) is 23.0 Å². The molecule has 0 aliphatic heterocycles. The van der Waals surface area contributed by atoms with E-state index in [2.05, 4.69) is 19.2 Å². The van der Waals surface area contributed by atoms with Crippen molar-refractivity contribution in [3.8, 4) is 0 Å². The summed E-state index contributed by atoms with van der Waals surface area (Å²) in [5, 5.41) is 3.15. The Morgan fingerprint density at radius 2 is 2.40 bits per heavy atom. The Balaban J connectivity index is 2.36. The fourth-order valence-corrected chi connectivity index (χ4v) is 1.52. The van der Waals surface area contributed by atoms with E-state index in [4.69, 9.17) is 22.4 Å². The van der Waals surface area contributed by atoms with E-state index in [0.717, 1.165) is 17.0 Å². The van der Waals surface area contributed by atoms with E-state index in [-0.39, 0.29) is 6.04 Å². The van der Waals surface area contributed by atoms with Gasteiger partial charge in [0, 0.05) is 12.1 Å². The molecule has 1 heterocycles. The molecule has 2 atom stereocenters. The van der Waals surface area contributed by atoms with Crippen molar-refractivity contribution in [2.24, 2.45) is 11.7 Å². The lowest BCUT2D eigenvalue weighted by atomic mass is 10.00. The largest absolute Gasteiger partial charge is 0.472 e. The molecule has 15 heavy (non-hydrogen) atoms. The second kappa shape index (κ2) is 5.88. The first kappa shape index (κ1) is 12.2. The highest BCUT2D eigenvalue weighted by Gasteiger charge is 2.15. The molecular formula is C11H18N2OS. The first-order valence-corrected chi connectivity index (χ1v) is 5.60. The number of nitrogens with two attached hydrogens (primary N) is 1. The van der Waals surface area contributed by atoms with E-state index in [1.807, 2.05) is 6.07 Å². The quantitative estimate of drug-likeness (QED) is 0.755. The van der Waals surface area contributed by atoms with Gasteiger partial charge in [0.25, 0.3) is 0 Å². The zero-order valence-corrected chi connectivity index (χ0v) is 10.0. The molecule has 0 amide bonds. The summed E-state index contributed by atoms with van der Waals surface area (Å²) in [4.78, 5) is 0.727. The molecule has 0 saturated heterocycles. The zero-order valence-electron chi connectivity index (χ0n) is 9.19. The molecule has 0 aliphatic rings. The van der Waals surface area contributed by atoms with Crippen LogP contribution in [-0.4, -0.2) is 11.0 Å². The third-order valence-electron chi connectivity index (χ3n) is 2.61.